The van der Waals surface area contributed by atoms with Crippen molar-refractivity contribution in [3.63, 3.8) is 0 Å². The van der Waals surface area contributed by atoms with E-state index in [4.69, 9.17) is 21.1 Å². The first kappa shape index (κ1) is 23.4. The van der Waals surface area contributed by atoms with Crippen LogP contribution in [0.5, 0.6) is 0 Å². The van der Waals surface area contributed by atoms with Crippen molar-refractivity contribution in [2.45, 2.75) is 6.92 Å². The molecule has 1 N–H and O–H groups in total. The molecular weight excluding hydrogens is 460 g/mol. The zero-order chi connectivity index (χ0) is 23.0. The minimum absolute atomic E-state index is 0.339. The predicted molar refractivity (Wildman–Crippen MR) is 132 cm³/mol. The van der Waals surface area contributed by atoms with Crippen molar-refractivity contribution in [1.82, 2.24) is 9.88 Å². The molecule has 0 amide bonds. The number of aryl methyl sites for hydroxylation is 1. The van der Waals surface area contributed by atoms with Gasteiger partial charge in [-0.05, 0) is 25.1 Å². The summed E-state index contributed by atoms with van der Waals surface area (Å²) in [6.07, 6.45) is 1.61. The molecule has 4 rings (SSSR count). The highest BCUT2D eigenvalue weighted by Gasteiger charge is 2.15. The topological polar surface area (TPSA) is 76.0 Å². The van der Waals surface area contributed by atoms with Gasteiger partial charge in [0.2, 0.25) is 5.13 Å². The molecule has 2 aromatic carbocycles. The van der Waals surface area contributed by atoms with Crippen molar-refractivity contribution >= 4 is 40.3 Å². The number of anilines is 1. The summed E-state index contributed by atoms with van der Waals surface area (Å²) in [5.41, 5.74) is 6.77. The standard InChI is InChI=1S/C24H25ClN4O3S/c1-17-6-7-19(23(30)32-13-10-29-8-11-31-12-9-29)18(14-17)15-26-28-24-27-22(16-33-24)20-4-2-3-5-21(20)25/h2-7,14-16H,8-13H2,1H3,(H,27,28)/b26-15+. The van der Waals surface area contributed by atoms with Crippen LogP contribution in [-0.2, 0) is 9.47 Å². The van der Waals surface area contributed by atoms with Crippen LogP contribution in [-0.4, -0.2) is 61.5 Å². The minimum atomic E-state index is -0.361. The van der Waals surface area contributed by atoms with Gasteiger partial charge < -0.3 is 9.47 Å². The highest BCUT2D eigenvalue weighted by Crippen LogP contribution is 2.30. The van der Waals surface area contributed by atoms with Gasteiger partial charge in [-0.2, -0.15) is 5.10 Å². The third-order valence-electron chi connectivity index (χ3n) is 5.19. The number of thiazole rings is 1. The van der Waals surface area contributed by atoms with E-state index in [-0.39, 0.29) is 5.97 Å². The molecule has 0 spiro atoms. The summed E-state index contributed by atoms with van der Waals surface area (Å²) >= 11 is 7.68. The van der Waals surface area contributed by atoms with E-state index in [2.05, 4.69) is 20.4 Å². The SMILES string of the molecule is Cc1ccc(C(=O)OCCN2CCOCC2)c(/C=N/Nc2nc(-c3ccccc3Cl)cs2)c1. The van der Waals surface area contributed by atoms with Gasteiger partial charge in [0.05, 0.1) is 30.7 Å². The number of esters is 1. The molecule has 0 bridgehead atoms. The molecular formula is C24H25ClN4O3S. The molecule has 7 nitrogen and oxygen atoms in total. The molecule has 1 fully saturated rings. The lowest BCUT2D eigenvalue weighted by Crippen LogP contribution is -2.38. The van der Waals surface area contributed by atoms with E-state index < -0.39 is 0 Å². The molecule has 0 saturated carbocycles. The zero-order valence-electron chi connectivity index (χ0n) is 18.3. The molecule has 1 aliphatic heterocycles. The number of ether oxygens (including phenoxy) is 2. The van der Waals surface area contributed by atoms with Gasteiger partial charge >= 0.3 is 5.97 Å². The Morgan fingerprint density at radius 3 is 2.94 bits per heavy atom. The number of halogens is 1. The fraction of sp³-hybridized carbons (Fsp3) is 0.292. The Hall–Kier alpha value is -2.78. The summed E-state index contributed by atoms with van der Waals surface area (Å²) < 4.78 is 10.9. The van der Waals surface area contributed by atoms with Crippen LogP contribution in [0.3, 0.4) is 0 Å². The van der Waals surface area contributed by atoms with Crippen LogP contribution in [0, 0.1) is 6.92 Å². The molecule has 33 heavy (non-hydrogen) atoms. The molecule has 0 radical (unpaired) electrons. The second-order valence-corrected chi connectivity index (χ2v) is 8.83. The van der Waals surface area contributed by atoms with Gasteiger partial charge in [0.1, 0.15) is 6.61 Å². The maximum absolute atomic E-state index is 12.7. The molecule has 3 aromatic rings. The zero-order valence-corrected chi connectivity index (χ0v) is 19.9. The third kappa shape index (κ3) is 6.39. The Kier molecular flexibility index (Phi) is 8.06. The number of carbonyl (C=O) groups excluding carboxylic acids is 1. The minimum Gasteiger partial charge on any atom is -0.461 e. The lowest BCUT2D eigenvalue weighted by molar-refractivity contribution is 0.0195. The fourth-order valence-corrected chi connectivity index (χ4v) is 4.31. The monoisotopic (exact) mass is 484 g/mol. The van der Waals surface area contributed by atoms with Crippen LogP contribution in [0.1, 0.15) is 21.5 Å². The van der Waals surface area contributed by atoms with Crippen molar-refractivity contribution in [2.75, 3.05) is 44.9 Å². The van der Waals surface area contributed by atoms with Gasteiger partial charge in [-0.3, -0.25) is 10.3 Å². The second-order valence-electron chi connectivity index (χ2n) is 7.57. The van der Waals surface area contributed by atoms with Gasteiger partial charge in [0.25, 0.3) is 0 Å². The molecule has 1 aromatic heterocycles. The molecule has 1 saturated heterocycles. The number of nitrogens with one attached hydrogen (secondary N) is 1. The predicted octanol–water partition coefficient (Wildman–Crippen LogP) is 4.71. The van der Waals surface area contributed by atoms with Gasteiger partial charge in [0.15, 0.2) is 0 Å². The van der Waals surface area contributed by atoms with Crippen molar-refractivity contribution in [3.05, 3.63) is 69.6 Å². The largest absolute Gasteiger partial charge is 0.461 e. The first-order valence-electron chi connectivity index (χ1n) is 10.7. The van der Waals surface area contributed by atoms with Crippen LogP contribution in [0.2, 0.25) is 5.02 Å². The van der Waals surface area contributed by atoms with Crippen LogP contribution in [0.15, 0.2) is 52.9 Å². The normalized spacial score (nSPS) is 14.5. The van der Waals surface area contributed by atoms with Gasteiger partial charge in [0, 0.05) is 41.2 Å². The lowest BCUT2D eigenvalue weighted by Gasteiger charge is -2.26. The first-order chi connectivity index (χ1) is 16.1. The average Bonchev–Trinajstić information content (AvgIpc) is 3.29. The first-order valence-corrected chi connectivity index (χ1v) is 11.9. The Morgan fingerprint density at radius 2 is 2.12 bits per heavy atom. The van der Waals surface area contributed by atoms with E-state index in [9.17, 15) is 4.79 Å². The van der Waals surface area contributed by atoms with Gasteiger partial charge in [-0.15, -0.1) is 11.3 Å². The third-order valence-corrected chi connectivity index (χ3v) is 6.27. The highest BCUT2D eigenvalue weighted by atomic mass is 35.5. The summed E-state index contributed by atoms with van der Waals surface area (Å²) in [5.74, 6) is -0.361. The Bertz CT molecular complexity index is 1130. The Labute approximate surface area is 202 Å². The maximum Gasteiger partial charge on any atom is 0.338 e. The van der Waals surface area contributed by atoms with E-state index in [0.717, 1.165) is 43.1 Å². The fourth-order valence-electron chi connectivity index (χ4n) is 3.42. The number of benzene rings is 2. The number of carbonyl (C=O) groups is 1. The van der Waals surface area contributed by atoms with Crippen LogP contribution in [0.4, 0.5) is 5.13 Å². The summed E-state index contributed by atoms with van der Waals surface area (Å²) in [5, 5.41) is 7.48. The molecule has 172 valence electrons. The van der Waals surface area contributed by atoms with Gasteiger partial charge in [-0.25, -0.2) is 9.78 Å². The molecule has 0 aliphatic carbocycles. The number of hydrogen-bond donors (Lipinski definition) is 1. The molecule has 1 aliphatic rings. The molecule has 0 atom stereocenters. The number of hydrogen-bond acceptors (Lipinski definition) is 8. The number of hydrazone groups is 1. The summed E-state index contributed by atoms with van der Waals surface area (Å²) in [6.45, 7) is 6.17. The molecule has 2 heterocycles. The van der Waals surface area contributed by atoms with Crippen molar-refractivity contribution in [3.8, 4) is 11.3 Å². The lowest BCUT2D eigenvalue weighted by atomic mass is 10.1. The van der Waals surface area contributed by atoms with Crippen LogP contribution < -0.4 is 5.43 Å². The summed E-state index contributed by atoms with van der Waals surface area (Å²) in [4.78, 5) is 19.4. The number of morpholine rings is 1. The van der Waals surface area contributed by atoms with Crippen molar-refractivity contribution in [2.24, 2.45) is 5.10 Å². The van der Waals surface area contributed by atoms with Crippen LogP contribution in [0.25, 0.3) is 11.3 Å². The number of nitrogens with zero attached hydrogens (tertiary/aromatic N) is 3. The second kappa shape index (κ2) is 11.4. The van der Waals surface area contributed by atoms with E-state index in [1.165, 1.54) is 11.3 Å². The number of aromatic nitrogens is 1. The average molecular weight is 485 g/mol. The van der Waals surface area contributed by atoms with E-state index in [1.54, 1.807) is 12.3 Å². The molecule has 9 heteroatoms. The Balaban J connectivity index is 1.38. The maximum atomic E-state index is 12.7. The quantitative estimate of drug-likeness (QED) is 0.283. The van der Waals surface area contributed by atoms with E-state index in [0.29, 0.717) is 34.4 Å². The van der Waals surface area contributed by atoms with Crippen molar-refractivity contribution in [1.29, 1.82) is 0 Å². The summed E-state index contributed by atoms with van der Waals surface area (Å²) in [6, 6.07) is 13.1. The van der Waals surface area contributed by atoms with E-state index in [1.807, 2.05) is 48.7 Å². The highest BCUT2D eigenvalue weighted by molar-refractivity contribution is 7.14. The number of rotatable bonds is 8. The smallest absolute Gasteiger partial charge is 0.338 e. The van der Waals surface area contributed by atoms with Gasteiger partial charge in [-0.1, -0.05) is 41.4 Å². The van der Waals surface area contributed by atoms with Crippen LogP contribution >= 0.6 is 22.9 Å². The Morgan fingerprint density at radius 1 is 1.30 bits per heavy atom. The molecule has 0 unspecified atom stereocenters. The summed E-state index contributed by atoms with van der Waals surface area (Å²) in [7, 11) is 0. The van der Waals surface area contributed by atoms with Crippen molar-refractivity contribution < 1.29 is 14.3 Å². The van der Waals surface area contributed by atoms with E-state index >= 15 is 0 Å².